The van der Waals surface area contributed by atoms with E-state index in [0.29, 0.717) is 21.8 Å². The summed E-state index contributed by atoms with van der Waals surface area (Å²) in [7, 11) is 0.463. The second kappa shape index (κ2) is 7.55. The summed E-state index contributed by atoms with van der Waals surface area (Å²) in [6.45, 7) is 0. The number of amides is 3. The fourth-order valence-corrected chi connectivity index (χ4v) is 2.35. The number of anilines is 2. The zero-order valence-electron chi connectivity index (χ0n) is 12.8. The zero-order valence-corrected chi connectivity index (χ0v) is 13.6. The minimum atomic E-state index is -1.07. The number of carbonyl (C=O) groups is 2. The van der Waals surface area contributed by atoms with E-state index < -0.39 is 10.8 Å². The minimum absolute atomic E-state index is 0.259. The van der Waals surface area contributed by atoms with Gasteiger partial charge in [0.15, 0.2) is 0 Å². The molecule has 0 aromatic heterocycles. The third-order valence-corrected chi connectivity index (χ3v) is 4.01. The van der Waals surface area contributed by atoms with Crippen molar-refractivity contribution >= 4 is 34.1 Å². The highest BCUT2D eigenvalue weighted by atomic mass is 32.2. The normalized spacial score (nSPS) is 11.4. The third kappa shape index (κ3) is 4.65. The fourth-order valence-electron chi connectivity index (χ4n) is 1.83. The maximum atomic E-state index is 12.1. The van der Waals surface area contributed by atoms with Crippen LogP contribution in [0.2, 0.25) is 0 Å². The van der Waals surface area contributed by atoms with Crippen LogP contribution in [-0.4, -0.2) is 29.5 Å². The number of benzene rings is 2. The van der Waals surface area contributed by atoms with Gasteiger partial charge in [-0.05, 0) is 48.5 Å². The molecule has 0 saturated heterocycles. The van der Waals surface area contributed by atoms with Crippen molar-refractivity contribution in [3.05, 3.63) is 54.1 Å². The largest absolute Gasteiger partial charge is 0.341 e. The van der Waals surface area contributed by atoms with Gasteiger partial charge in [0.2, 0.25) is 0 Å². The Morgan fingerprint density at radius 3 is 1.87 bits per heavy atom. The average Bonchev–Trinajstić information content (AvgIpc) is 2.56. The van der Waals surface area contributed by atoms with Gasteiger partial charge in [-0.2, -0.15) is 0 Å². The zero-order chi connectivity index (χ0) is 16.8. The van der Waals surface area contributed by atoms with Crippen LogP contribution in [0.5, 0.6) is 0 Å². The molecule has 0 heterocycles. The summed E-state index contributed by atoms with van der Waals surface area (Å²) >= 11 is 0. The lowest BCUT2D eigenvalue weighted by Crippen LogP contribution is -2.24. The van der Waals surface area contributed by atoms with Gasteiger partial charge in [0.1, 0.15) is 0 Å². The molecule has 3 amide bonds. The second-order valence-corrected chi connectivity index (χ2v) is 6.09. The molecule has 23 heavy (non-hydrogen) atoms. The van der Waals surface area contributed by atoms with Crippen LogP contribution in [0.15, 0.2) is 53.4 Å². The first-order valence-corrected chi connectivity index (χ1v) is 8.39. The van der Waals surface area contributed by atoms with E-state index in [-0.39, 0.29) is 11.9 Å². The van der Waals surface area contributed by atoms with Crippen LogP contribution in [-0.2, 0) is 10.8 Å². The molecule has 0 aliphatic carbocycles. The highest BCUT2D eigenvalue weighted by Crippen LogP contribution is 2.15. The average molecular weight is 331 g/mol. The van der Waals surface area contributed by atoms with E-state index >= 15 is 0 Å². The molecule has 1 atom stereocenters. The Kier molecular flexibility index (Phi) is 5.48. The summed E-state index contributed by atoms with van der Waals surface area (Å²) in [6, 6.07) is 13.1. The third-order valence-electron chi connectivity index (χ3n) is 3.08. The lowest BCUT2D eigenvalue weighted by molar-refractivity contribution is 0.102. The maximum absolute atomic E-state index is 12.1. The molecule has 0 aliphatic rings. The van der Waals surface area contributed by atoms with Crippen molar-refractivity contribution in [3.63, 3.8) is 0 Å². The lowest BCUT2D eigenvalue weighted by atomic mass is 10.2. The van der Waals surface area contributed by atoms with E-state index in [1.54, 1.807) is 54.8 Å². The monoisotopic (exact) mass is 331 g/mol. The summed E-state index contributed by atoms with van der Waals surface area (Å²) in [5.41, 5.74) is 1.71. The molecule has 120 valence electrons. The van der Waals surface area contributed by atoms with E-state index in [2.05, 4.69) is 16.0 Å². The number of nitrogens with one attached hydrogen (secondary N) is 3. The Morgan fingerprint density at radius 2 is 1.39 bits per heavy atom. The number of rotatable bonds is 4. The molecule has 0 aliphatic heterocycles. The quantitative estimate of drug-likeness (QED) is 0.804. The molecule has 1 unspecified atom stereocenters. The predicted octanol–water partition coefficient (Wildman–Crippen LogP) is 2.43. The van der Waals surface area contributed by atoms with E-state index in [4.69, 9.17) is 0 Å². The molecule has 0 bridgehead atoms. The van der Waals surface area contributed by atoms with Crippen LogP contribution in [0, 0.1) is 0 Å². The van der Waals surface area contributed by atoms with Crippen LogP contribution in [0.25, 0.3) is 0 Å². The van der Waals surface area contributed by atoms with Gasteiger partial charge in [-0.1, -0.05) is 0 Å². The minimum Gasteiger partial charge on any atom is -0.341 e. The first-order valence-electron chi connectivity index (χ1n) is 6.83. The Bertz CT molecular complexity index is 727. The van der Waals surface area contributed by atoms with Gasteiger partial charge in [0.25, 0.3) is 5.91 Å². The molecular formula is C16H17N3O3S. The Labute approximate surface area is 136 Å². The molecule has 0 spiro atoms. The van der Waals surface area contributed by atoms with Gasteiger partial charge in [-0.15, -0.1) is 0 Å². The summed E-state index contributed by atoms with van der Waals surface area (Å²) in [5.74, 6) is -0.259. The van der Waals surface area contributed by atoms with Crippen molar-refractivity contribution in [2.75, 3.05) is 23.9 Å². The fraction of sp³-hybridized carbons (Fsp3) is 0.125. The number of hydrogen-bond acceptors (Lipinski definition) is 3. The van der Waals surface area contributed by atoms with Gasteiger partial charge in [-0.3, -0.25) is 9.00 Å². The predicted molar refractivity (Wildman–Crippen MR) is 91.2 cm³/mol. The lowest BCUT2D eigenvalue weighted by Gasteiger charge is -2.08. The first-order chi connectivity index (χ1) is 11.0. The van der Waals surface area contributed by atoms with Gasteiger partial charge in [-0.25, -0.2) is 4.79 Å². The number of urea groups is 1. The molecule has 3 N–H and O–H groups in total. The molecule has 6 nitrogen and oxygen atoms in total. The Balaban J connectivity index is 2.02. The van der Waals surface area contributed by atoms with Crippen molar-refractivity contribution in [2.24, 2.45) is 0 Å². The van der Waals surface area contributed by atoms with Crippen molar-refractivity contribution in [1.82, 2.24) is 5.32 Å². The standard InChI is InChI=1S/C16H17N3O3S/c1-17-16(21)19-13-7-5-12(6-8-13)18-15(20)11-3-9-14(10-4-11)23(2)22/h3-10H,1-2H3,(H,18,20)(H2,17,19,21). The van der Waals surface area contributed by atoms with Crippen LogP contribution < -0.4 is 16.0 Å². The summed E-state index contributed by atoms with van der Waals surface area (Å²) in [5, 5.41) is 7.84. The van der Waals surface area contributed by atoms with Crippen LogP contribution in [0.1, 0.15) is 10.4 Å². The number of hydrogen-bond donors (Lipinski definition) is 3. The topological polar surface area (TPSA) is 87.3 Å². The SMILES string of the molecule is CNC(=O)Nc1ccc(NC(=O)c2ccc(S(C)=O)cc2)cc1. The summed E-state index contributed by atoms with van der Waals surface area (Å²) < 4.78 is 11.3. The van der Waals surface area contributed by atoms with E-state index in [0.717, 1.165) is 0 Å². The van der Waals surface area contributed by atoms with Crippen LogP contribution in [0.3, 0.4) is 0 Å². The van der Waals surface area contributed by atoms with Crippen molar-refractivity contribution < 1.29 is 13.8 Å². The molecule has 2 aromatic rings. The van der Waals surface area contributed by atoms with Gasteiger partial charge in [0, 0.05) is 45.9 Å². The van der Waals surface area contributed by atoms with Gasteiger partial charge >= 0.3 is 6.03 Å². The second-order valence-electron chi connectivity index (χ2n) is 4.71. The Morgan fingerprint density at radius 1 is 0.870 bits per heavy atom. The summed E-state index contributed by atoms with van der Waals surface area (Å²) in [4.78, 5) is 24.0. The number of carbonyl (C=O) groups excluding carboxylic acids is 2. The highest BCUT2D eigenvalue weighted by Gasteiger charge is 2.07. The van der Waals surface area contributed by atoms with E-state index in [1.165, 1.54) is 7.05 Å². The molecule has 2 rings (SSSR count). The highest BCUT2D eigenvalue weighted by molar-refractivity contribution is 7.84. The molecule has 0 radical (unpaired) electrons. The summed E-state index contributed by atoms with van der Waals surface area (Å²) in [6.07, 6.45) is 1.59. The van der Waals surface area contributed by atoms with Gasteiger partial charge < -0.3 is 16.0 Å². The van der Waals surface area contributed by atoms with Crippen molar-refractivity contribution in [1.29, 1.82) is 0 Å². The molecular weight excluding hydrogens is 314 g/mol. The van der Waals surface area contributed by atoms with E-state index in [9.17, 15) is 13.8 Å². The Hall–Kier alpha value is -2.67. The van der Waals surface area contributed by atoms with Crippen molar-refractivity contribution in [3.8, 4) is 0 Å². The first kappa shape index (κ1) is 16.7. The maximum Gasteiger partial charge on any atom is 0.318 e. The van der Waals surface area contributed by atoms with Crippen LogP contribution >= 0.6 is 0 Å². The van der Waals surface area contributed by atoms with Crippen LogP contribution in [0.4, 0.5) is 16.2 Å². The van der Waals surface area contributed by atoms with Gasteiger partial charge in [0.05, 0.1) is 0 Å². The molecule has 7 heteroatoms. The smallest absolute Gasteiger partial charge is 0.318 e. The molecule has 0 saturated carbocycles. The van der Waals surface area contributed by atoms with E-state index in [1.807, 2.05) is 0 Å². The molecule has 0 fully saturated rings. The van der Waals surface area contributed by atoms with Crippen molar-refractivity contribution in [2.45, 2.75) is 4.90 Å². The molecule has 2 aromatic carbocycles.